The van der Waals surface area contributed by atoms with Crippen molar-refractivity contribution in [2.75, 3.05) is 0 Å². The molecule has 0 radical (unpaired) electrons. The summed E-state index contributed by atoms with van der Waals surface area (Å²) in [5, 5.41) is 4.21. The highest BCUT2D eigenvalue weighted by molar-refractivity contribution is 6.08. The van der Waals surface area contributed by atoms with Gasteiger partial charge in [-0.1, -0.05) is 31.5 Å². The molecule has 0 aliphatic carbocycles. The van der Waals surface area contributed by atoms with Gasteiger partial charge in [0.1, 0.15) is 5.69 Å². The first-order chi connectivity index (χ1) is 8.61. The van der Waals surface area contributed by atoms with E-state index >= 15 is 0 Å². The van der Waals surface area contributed by atoms with Crippen LogP contribution in [0, 0.1) is 6.92 Å². The third kappa shape index (κ3) is 2.50. The molecule has 2 rings (SSSR count). The lowest BCUT2D eigenvalue weighted by Gasteiger charge is -2.04. The number of benzene rings is 1. The van der Waals surface area contributed by atoms with E-state index in [1.807, 2.05) is 31.2 Å². The molecule has 0 N–H and O–H groups in total. The van der Waals surface area contributed by atoms with E-state index < -0.39 is 0 Å². The van der Waals surface area contributed by atoms with Crippen LogP contribution in [0.25, 0.3) is 0 Å². The van der Waals surface area contributed by atoms with Gasteiger partial charge in [-0.3, -0.25) is 9.48 Å². The second-order valence-electron chi connectivity index (χ2n) is 4.57. The Morgan fingerprint density at radius 3 is 2.72 bits per heavy atom. The van der Waals surface area contributed by atoms with Gasteiger partial charge in [0.25, 0.3) is 0 Å². The van der Waals surface area contributed by atoms with E-state index in [9.17, 15) is 4.79 Å². The van der Waals surface area contributed by atoms with Crippen LogP contribution in [0.1, 0.15) is 40.7 Å². The molecule has 0 atom stereocenters. The fourth-order valence-electron chi connectivity index (χ4n) is 2.13. The van der Waals surface area contributed by atoms with Gasteiger partial charge in [0.05, 0.1) is 5.69 Å². The van der Waals surface area contributed by atoms with Crippen LogP contribution in [-0.2, 0) is 13.5 Å². The quantitative estimate of drug-likeness (QED) is 0.773. The third-order valence-corrected chi connectivity index (χ3v) is 2.96. The van der Waals surface area contributed by atoms with Gasteiger partial charge in [-0.05, 0) is 31.0 Å². The van der Waals surface area contributed by atoms with E-state index in [0.717, 1.165) is 24.1 Å². The fourth-order valence-corrected chi connectivity index (χ4v) is 2.13. The average Bonchev–Trinajstić information content (AvgIpc) is 2.68. The highest BCUT2D eigenvalue weighted by Crippen LogP contribution is 2.13. The molecular formula is C15H18N2O. The summed E-state index contributed by atoms with van der Waals surface area (Å²) in [5.74, 6) is 0.0380. The molecule has 0 fully saturated rings. The predicted octanol–water partition coefficient (Wildman–Crippen LogP) is 2.91. The van der Waals surface area contributed by atoms with Crippen molar-refractivity contribution < 1.29 is 4.79 Å². The second kappa shape index (κ2) is 5.17. The predicted molar refractivity (Wildman–Crippen MR) is 71.8 cm³/mol. The van der Waals surface area contributed by atoms with Gasteiger partial charge in [0.2, 0.25) is 5.78 Å². The van der Waals surface area contributed by atoms with Crippen molar-refractivity contribution in [2.45, 2.75) is 26.7 Å². The molecular weight excluding hydrogens is 224 g/mol. The number of nitrogens with zero attached hydrogens (tertiary/aromatic N) is 2. The minimum absolute atomic E-state index is 0.0380. The standard InChI is InChI=1S/C15H18N2O/c1-4-6-12-7-5-8-13(10-12)15(18)14-9-11(2)16-17(14)3/h5,7-10H,4,6H2,1-3H3. The summed E-state index contributed by atoms with van der Waals surface area (Å²) in [7, 11) is 1.80. The Kier molecular flexibility index (Phi) is 3.60. The van der Waals surface area contributed by atoms with Crippen LogP contribution < -0.4 is 0 Å². The van der Waals surface area contributed by atoms with Crippen LogP contribution in [0.5, 0.6) is 0 Å². The van der Waals surface area contributed by atoms with Gasteiger partial charge in [-0.2, -0.15) is 5.10 Å². The zero-order valence-corrected chi connectivity index (χ0v) is 11.1. The van der Waals surface area contributed by atoms with Crippen LogP contribution in [0.2, 0.25) is 0 Å². The Morgan fingerprint density at radius 1 is 1.33 bits per heavy atom. The fraction of sp³-hybridized carbons (Fsp3) is 0.333. The lowest BCUT2D eigenvalue weighted by atomic mass is 10.0. The van der Waals surface area contributed by atoms with Crippen molar-refractivity contribution in [1.29, 1.82) is 0 Å². The Bertz CT molecular complexity index is 570. The van der Waals surface area contributed by atoms with Crippen LogP contribution >= 0.6 is 0 Å². The Morgan fingerprint density at radius 2 is 2.11 bits per heavy atom. The lowest BCUT2D eigenvalue weighted by molar-refractivity contribution is 0.103. The Labute approximate surface area is 107 Å². The molecule has 0 saturated heterocycles. The topological polar surface area (TPSA) is 34.9 Å². The van der Waals surface area contributed by atoms with Crippen LogP contribution in [0.3, 0.4) is 0 Å². The van der Waals surface area contributed by atoms with Crippen molar-refractivity contribution in [2.24, 2.45) is 7.05 Å². The largest absolute Gasteiger partial charge is 0.287 e. The SMILES string of the molecule is CCCc1cccc(C(=O)c2cc(C)nn2C)c1. The minimum atomic E-state index is 0.0380. The van der Waals surface area contributed by atoms with Crippen molar-refractivity contribution in [3.8, 4) is 0 Å². The molecule has 1 aromatic heterocycles. The second-order valence-corrected chi connectivity index (χ2v) is 4.57. The zero-order valence-electron chi connectivity index (χ0n) is 11.1. The first kappa shape index (κ1) is 12.6. The summed E-state index contributed by atoms with van der Waals surface area (Å²) in [6, 6.07) is 9.68. The molecule has 0 unspecified atom stereocenters. The third-order valence-electron chi connectivity index (χ3n) is 2.96. The number of carbonyl (C=O) groups is 1. The highest BCUT2D eigenvalue weighted by atomic mass is 16.1. The van der Waals surface area contributed by atoms with Gasteiger partial charge in [-0.25, -0.2) is 0 Å². The first-order valence-corrected chi connectivity index (χ1v) is 6.26. The maximum absolute atomic E-state index is 12.4. The van der Waals surface area contributed by atoms with Gasteiger partial charge in [0, 0.05) is 12.6 Å². The molecule has 0 spiro atoms. The summed E-state index contributed by atoms with van der Waals surface area (Å²) in [5.41, 5.74) is 3.46. The van der Waals surface area contributed by atoms with Crippen LogP contribution in [-0.4, -0.2) is 15.6 Å². The van der Waals surface area contributed by atoms with Gasteiger partial charge < -0.3 is 0 Å². The molecule has 18 heavy (non-hydrogen) atoms. The van der Waals surface area contributed by atoms with Crippen molar-refractivity contribution in [3.63, 3.8) is 0 Å². The number of hydrogen-bond donors (Lipinski definition) is 0. The summed E-state index contributed by atoms with van der Waals surface area (Å²) in [6.45, 7) is 4.03. The molecule has 94 valence electrons. The van der Waals surface area contributed by atoms with E-state index in [2.05, 4.69) is 18.1 Å². The number of aromatic nitrogens is 2. The summed E-state index contributed by atoms with van der Waals surface area (Å²) in [4.78, 5) is 12.4. The van der Waals surface area contributed by atoms with Crippen LogP contribution in [0.4, 0.5) is 0 Å². The number of hydrogen-bond acceptors (Lipinski definition) is 2. The van der Waals surface area contributed by atoms with Crippen molar-refractivity contribution in [3.05, 3.63) is 52.8 Å². The molecule has 0 bridgehead atoms. The average molecular weight is 242 g/mol. The molecule has 1 heterocycles. The molecule has 3 nitrogen and oxygen atoms in total. The van der Waals surface area contributed by atoms with Gasteiger partial charge in [-0.15, -0.1) is 0 Å². The molecule has 3 heteroatoms. The minimum Gasteiger partial charge on any atom is -0.287 e. The molecule has 0 aliphatic rings. The molecule has 0 amide bonds. The van der Waals surface area contributed by atoms with E-state index in [-0.39, 0.29) is 5.78 Å². The summed E-state index contributed by atoms with van der Waals surface area (Å²) >= 11 is 0. The highest BCUT2D eigenvalue weighted by Gasteiger charge is 2.14. The normalized spacial score (nSPS) is 10.6. The van der Waals surface area contributed by atoms with Crippen molar-refractivity contribution >= 4 is 5.78 Å². The summed E-state index contributed by atoms with van der Waals surface area (Å²) in [6.07, 6.45) is 2.09. The monoisotopic (exact) mass is 242 g/mol. The Balaban J connectivity index is 2.34. The molecule has 0 aliphatic heterocycles. The van der Waals surface area contributed by atoms with E-state index in [1.54, 1.807) is 11.7 Å². The van der Waals surface area contributed by atoms with E-state index in [1.165, 1.54) is 5.56 Å². The van der Waals surface area contributed by atoms with Gasteiger partial charge in [0.15, 0.2) is 0 Å². The maximum atomic E-state index is 12.4. The lowest BCUT2D eigenvalue weighted by Crippen LogP contribution is -2.08. The smallest absolute Gasteiger partial charge is 0.211 e. The van der Waals surface area contributed by atoms with E-state index in [4.69, 9.17) is 0 Å². The molecule has 0 saturated carbocycles. The van der Waals surface area contributed by atoms with E-state index in [0.29, 0.717) is 5.69 Å². The van der Waals surface area contributed by atoms with Gasteiger partial charge >= 0.3 is 0 Å². The number of ketones is 1. The Hall–Kier alpha value is -1.90. The number of carbonyl (C=O) groups excluding carboxylic acids is 1. The molecule has 2 aromatic rings. The van der Waals surface area contributed by atoms with Crippen LogP contribution in [0.15, 0.2) is 30.3 Å². The first-order valence-electron chi connectivity index (χ1n) is 6.26. The molecule has 1 aromatic carbocycles. The summed E-state index contributed by atoms with van der Waals surface area (Å²) < 4.78 is 1.64. The van der Waals surface area contributed by atoms with Crippen molar-refractivity contribution in [1.82, 2.24) is 9.78 Å². The zero-order chi connectivity index (χ0) is 13.1. The maximum Gasteiger partial charge on any atom is 0.211 e. The number of aryl methyl sites for hydroxylation is 3. The number of rotatable bonds is 4.